The monoisotopic (exact) mass is 332 g/mol. The van der Waals surface area contributed by atoms with Crippen LogP contribution in [-0.2, 0) is 0 Å². The maximum atomic E-state index is 14.5. The van der Waals surface area contributed by atoms with Gasteiger partial charge >= 0.3 is 0 Å². The second kappa shape index (κ2) is 8.11. The predicted octanol–water partition coefficient (Wildman–Crippen LogP) is 2.20. The lowest BCUT2D eigenvalue weighted by atomic mass is 10.1. The van der Waals surface area contributed by atoms with Crippen molar-refractivity contribution >= 4 is 11.6 Å². The van der Waals surface area contributed by atoms with Crippen LogP contribution in [-0.4, -0.2) is 62.0 Å². The smallest absolute Gasteiger partial charge is 0.253 e. The number of hydrogen-bond donors (Lipinski definition) is 0. The molecular formula is C18H25FN4O. The minimum atomic E-state index is -0.368. The number of nitriles is 1. The first kappa shape index (κ1) is 18.2. The Morgan fingerprint density at radius 2 is 2.04 bits per heavy atom. The van der Waals surface area contributed by atoms with Crippen LogP contribution in [0.3, 0.4) is 0 Å². The first-order valence-electron chi connectivity index (χ1n) is 8.38. The molecule has 1 aromatic rings. The van der Waals surface area contributed by atoms with Gasteiger partial charge in [-0.1, -0.05) is 6.92 Å². The lowest BCUT2D eigenvalue weighted by Gasteiger charge is -2.35. The molecule has 0 N–H and O–H groups in total. The molecule has 0 bridgehead atoms. The number of halogens is 1. The van der Waals surface area contributed by atoms with Crippen molar-refractivity contribution in [3.63, 3.8) is 0 Å². The molecular weight excluding hydrogens is 307 g/mol. The van der Waals surface area contributed by atoms with Gasteiger partial charge in [0.1, 0.15) is 5.82 Å². The number of amides is 1. The Labute approximate surface area is 143 Å². The molecule has 0 aromatic heterocycles. The van der Waals surface area contributed by atoms with Gasteiger partial charge < -0.3 is 14.7 Å². The summed E-state index contributed by atoms with van der Waals surface area (Å²) in [7, 11) is 1.63. The number of likely N-dealkylation sites (N-methyl/N-ethyl adjacent to an activating group) is 1. The summed E-state index contributed by atoms with van der Waals surface area (Å²) in [5.41, 5.74) is 0.867. The Morgan fingerprint density at radius 1 is 1.38 bits per heavy atom. The maximum absolute atomic E-state index is 14.5. The van der Waals surface area contributed by atoms with Gasteiger partial charge in [0.2, 0.25) is 0 Å². The zero-order chi connectivity index (χ0) is 17.7. The van der Waals surface area contributed by atoms with Crippen LogP contribution in [0.15, 0.2) is 18.2 Å². The summed E-state index contributed by atoms with van der Waals surface area (Å²) < 4.78 is 14.5. The van der Waals surface area contributed by atoms with Crippen molar-refractivity contribution in [2.45, 2.75) is 13.8 Å². The molecule has 1 aromatic carbocycles. The van der Waals surface area contributed by atoms with Gasteiger partial charge in [-0.25, -0.2) is 4.39 Å². The second-order valence-electron chi connectivity index (χ2n) is 6.30. The molecule has 1 aliphatic heterocycles. The van der Waals surface area contributed by atoms with Gasteiger partial charge in [0.15, 0.2) is 0 Å². The SMILES string of the molecule is CCN1CCN(c2ccc(C(=O)N(C)C[C@@H](C)C#N)cc2F)CC1. The molecule has 5 nitrogen and oxygen atoms in total. The molecule has 0 unspecified atom stereocenters. The van der Waals surface area contributed by atoms with E-state index in [2.05, 4.69) is 17.9 Å². The first-order chi connectivity index (χ1) is 11.5. The number of benzene rings is 1. The summed E-state index contributed by atoms with van der Waals surface area (Å²) in [5.74, 6) is -0.885. The summed E-state index contributed by atoms with van der Waals surface area (Å²) in [5, 5.41) is 8.84. The minimum Gasteiger partial charge on any atom is -0.367 e. The van der Waals surface area contributed by atoms with E-state index in [1.54, 1.807) is 26.1 Å². The molecule has 0 aliphatic carbocycles. The fourth-order valence-electron chi connectivity index (χ4n) is 2.96. The third kappa shape index (κ3) is 4.24. The summed E-state index contributed by atoms with van der Waals surface area (Å²) in [6.07, 6.45) is 0. The number of carbonyl (C=O) groups is 1. The van der Waals surface area contributed by atoms with Crippen molar-refractivity contribution in [2.24, 2.45) is 5.92 Å². The van der Waals surface area contributed by atoms with Gasteiger partial charge in [-0.05, 0) is 31.7 Å². The molecule has 1 aliphatic rings. The Morgan fingerprint density at radius 3 is 2.58 bits per heavy atom. The Balaban J connectivity index is 2.07. The predicted molar refractivity (Wildman–Crippen MR) is 92.5 cm³/mol. The average molecular weight is 332 g/mol. The zero-order valence-electron chi connectivity index (χ0n) is 14.6. The van der Waals surface area contributed by atoms with E-state index >= 15 is 0 Å². The number of nitrogens with zero attached hydrogens (tertiary/aromatic N) is 4. The van der Waals surface area contributed by atoms with E-state index in [9.17, 15) is 9.18 Å². The highest BCUT2D eigenvalue weighted by Crippen LogP contribution is 2.22. The third-order valence-corrected chi connectivity index (χ3v) is 4.47. The number of rotatable bonds is 5. The molecule has 1 saturated heterocycles. The molecule has 24 heavy (non-hydrogen) atoms. The molecule has 1 heterocycles. The van der Waals surface area contributed by atoms with Gasteiger partial charge in [-0.3, -0.25) is 4.79 Å². The summed E-state index contributed by atoms with van der Waals surface area (Å²) in [6, 6.07) is 6.75. The van der Waals surface area contributed by atoms with E-state index in [0.717, 1.165) is 32.7 Å². The van der Waals surface area contributed by atoms with Gasteiger partial charge in [0.25, 0.3) is 5.91 Å². The average Bonchev–Trinajstić information content (AvgIpc) is 2.60. The molecule has 0 saturated carbocycles. The quantitative estimate of drug-likeness (QED) is 0.829. The lowest BCUT2D eigenvalue weighted by Crippen LogP contribution is -2.46. The molecule has 1 atom stereocenters. The normalized spacial score (nSPS) is 16.5. The Hall–Kier alpha value is -2.13. The van der Waals surface area contributed by atoms with Crippen molar-refractivity contribution in [2.75, 3.05) is 51.2 Å². The van der Waals surface area contributed by atoms with Crippen molar-refractivity contribution in [3.05, 3.63) is 29.6 Å². The summed E-state index contributed by atoms with van der Waals surface area (Å²) >= 11 is 0. The highest BCUT2D eigenvalue weighted by molar-refractivity contribution is 5.94. The molecule has 0 radical (unpaired) electrons. The third-order valence-electron chi connectivity index (χ3n) is 4.47. The van der Waals surface area contributed by atoms with Crippen LogP contribution >= 0.6 is 0 Å². The highest BCUT2D eigenvalue weighted by atomic mass is 19.1. The molecule has 130 valence electrons. The molecule has 1 amide bonds. The summed E-state index contributed by atoms with van der Waals surface area (Å²) in [6.45, 7) is 8.64. The van der Waals surface area contributed by atoms with Gasteiger partial charge in [-0.15, -0.1) is 0 Å². The van der Waals surface area contributed by atoms with Crippen LogP contribution in [0.25, 0.3) is 0 Å². The van der Waals surface area contributed by atoms with E-state index in [-0.39, 0.29) is 17.6 Å². The van der Waals surface area contributed by atoms with Crippen LogP contribution in [0.1, 0.15) is 24.2 Å². The van der Waals surface area contributed by atoms with Crippen molar-refractivity contribution in [3.8, 4) is 6.07 Å². The minimum absolute atomic E-state index is 0.252. The van der Waals surface area contributed by atoms with Crippen molar-refractivity contribution in [1.82, 2.24) is 9.80 Å². The van der Waals surface area contributed by atoms with Crippen LogP contribution in [0.4, 0.5) is 10.1 Å². The van der Waals surface area contributed by atoms with E-state index in [0.29, 0.717) is 17.8 Å². The van der Waals surface area contributed by atoms with E-state index in [4.69, 9.17) is 5.26 Å². The Bertz CT molecular complexity index is 620. The number of piperazine rings is 1. The lowest BCUT2D eigenvalue weighted by molar-refractivity contribution is 0.0784. The zero-order valence-corrected chi connectivity index (χ0v) is 14.6. The molecule has 1 fully saturated rings. The van der Waals surface area contributed by atoms with Crippen LogP contribution in [0.2, 0.25) is 0 Å². The Kier molecular flexibility index (Phi) is 6.16. The fourth-order valence-corrected chi connectivity index (χ4v) is 2.96. The standard InChI is InChI=1S/C18H25FN4O/c1-4-22-7-9-23(10-8-22)17-6-5-15(11-16(17)19)18(24)21(3)13-14(2)12-20/h5-6,11,14H,4,7-10,13H2,1-3H3/t14-/m0/s1. The number of anilines is 1. The molecule has 6 heteroatoms. The maximum Gasteiger partial charge on any atom is 0.253 e. The van der Waals surface area contributed by atoms with Crippen LogP contribution < -0.4 is 4.90 Å². The van der Waals surface area contributed by atoms with E-state index < -0.39 is 0 Å². The second-order valence-corrected chi connectivity index (χ2v) is 6.30. The summed E-state index contributed by atoms with van der Waals surface area (Å²) in [4.78, 5) is 18.2. The van der Waals surface area contributed by atoms with Crippen molar-refractivity contribution < 1.29 is 9.18 Å². The van der Waals surface area contributed by atoms with Gasteiger partial charge in [0.05, 0.1) is 17.7 Å². The van der Waals surface area contributed by atoms with Crippen LogP contribution in [0, 0.1) is 23.1 Å². The molecule has 0 spiro atoms. The van der Waals surface area contributed by atoms with E-state index in [1.165, 1.54) is 11.0 Å². The first-order valence-corrected chi connectivity index (χ1v) is 8.38. The largest absolute Gasteiger partial charge is 0.367 e. The van der Waals surface area contributed by atoms with Crippen LogP contribution in [0.5, 0.6) is 0 Å². The number of hydrogen-bond acceptors (Lipinski definition) is 4. The topological polar surface area (TPSA) is 50.6 Å². The van der Waals surface area contributed by atoms with Crippen molar-refractivity contribution in [1.29, 1.82) is 5.26 Å². The van der Waals surface area contributed by atoms with Gasteiger partial charge in [-0.2, -0.15) is 5.26 Å². The molecule has 2 rings (SSSR count). The van der Waals surface area contributed by atoms with Gasteiger partial charge in [0, 0.05) is 45.3 Å². The fraction of sp³-hybridized carbons (Fsp3) is 0.556. The number of carbonyl (C=O) groups excluding carboxylic acids is 1. The highest BCUT2D eigenvalue weighted by Gasteiger charge is 2.21. The van der Waals surface area contributed by atoms with E-state index in [1.807, 2.05) is 4.90 Å².